The summed E-state index contributed by atoms with van der Waals surface area (Å²) in [6.45, 7) is 0.382. The first-order valence-electron chi connectivity index (χ1n) is 9.60. The van der Waals surface area contributed by atoms with Gasteiger partial charge in [0.15, 0.2) is 0 Å². The topological polar surface area (TPSA) is 75.6 Å². The zero-order valence-electron chi connectivity index (χ0n) is 15.8. The van der Waals surface area contributed by atoms with Crippen molar-refractivity contribution in [2.45, 2.75) is 43.5 Å². The lowest BCUT2D eigenvalue weighted by Crippen LogP contribution is -2.25. The van der Waals surface area contributed by atoms with E-state index in [-0.39, 0.29) is 5.25 Å². The van der Waals surface area contributed by atoms with Gasteiger partial charge in [0.1, 0.15) is 5.75 Å². The number of hydrogen-bond donors (Lipinski definition) is 2. The molecule has 0 bridgehead atoms. The molecule has 0 amide bonds. The molecular formula is C22H26NO4S. The van der Waals surface area contributed by atoms with Crippen LogP contribution in [0.5, 0.6) is 5.75 Å². The van der Waals surface area contributed by atoms with E-state index in [1.54, 1.807) is 36.4 Å². The summed E-state index contributed by atoms with van der Waals surface area (Å²) in [5.41, 5.74) is 1.37. The molecule has 1 saturated carbocycles. The van der Waals surface area contributed by atoms with Gasteiger partial charge in [0, 0.05) is 18.2 Å². The molecule has 0 spiro atoms. The normalized spacial score (nSPS) is 16.3. The third-order valence-corrected chi connectivity index (χ3v) is 6.62. The van der Waals surface area contributed by atoms with Crippen LogP contribution in [0.4, 0.5) is 5.69 Å². The molecule has 1 fully saturated rings. The fourth-order valence-corrected chi connectivity index (χ4v) is 4.80. The monoisotopic (exact) mass is 400 g/mol. The predicted molar refractivity (Wildman–Crippen MR) is 112 cm³/mol. The number of ether oxygens (including phenoxy) is 1. The molecule has 28 heavy (non-hydrogen) atoms. The van der Waals surface area contributed by atoms with Gasteiger partial charge in [-0.15, -0.1) is 0 Å². The van der Waals surface area contributed by atoms with Crippen LogP contribution < -0.4 is 9.46 Å². The molecule has 1 radical (unpaired) electrons. The minimum absolute atomic E-state index is 0.296. The van der Waals surface area contributed by atoms with Crippen molar-refractivity contribution in [3.63, 3.8) is 0 Å². The first-order chi connectivity index (χ1) is 13.5. The average Bonchev–Trinajstić information content (AvgIpc) is 3.23. The fourth-order valence-electron chi connectivity index (χ4n) is 3.23. The van der Waals surface area contributed by atoms with E-state index in [2.05, 4.69) is 10.8 Å². The van der Waals surface area contributed by atoms with Crippen molar-refractivity contribution < 1.29 is 18.3 Å². The maximum atomic E-state index is 12.4. The molecule has 3 rings (SSSR count). The van der Waals surface area contributed by atoms with Gasteiger partial charge >= 0.3 is 0 Å². The SMILES string of the molecule is O=S(=O)(Nc1cccc(/C=C/[C@H](O)CCOc2[c]cccc2)c1)C1CCCC1. The number of aliphatic hydroxyl groups excluding tert-OH is 1. The Morgan fingerprint density at radius 2 is 2.04 bits per heavy atom. The molecular weight excluding hydrogens is 374 g/mol. The zero-order chi connectivity index (χ0) is 19.8. The zero-order valence-corrected chi connectivity index (χ0v) is 16.6. The molecule has 2 N–H and O–H groups in total. The Balaban J connectivity index is 1.51. The predicted octanol–water partition coefficient (Wildman–Crippen LogP) is 4.01. The minimum atomic E-state index is -3.34. The molecule has 1 atom stereocenters. The van der Waals surface area contributed by atoms with Gasteiger partial charge in [0.25, 0.3) is 0 Å². The van der Waals surface area contributed by atoms with Crippen LogP contribution in [0.15, 0.2) is 54.6 Å². The summed E-state index contributed by atoms with van der Waals surface area (Å²) in [7, 11) is -3.34. The van der Waals surface area contributed by atoms with E-state index >= 15 is 0 Å². The van der Waals surface area contributed by atoms with Crippen molar-refractivity contribution in [1.29, 1.82) is 0 Å². The van der Waals surface area contributed by atoms with Crippen molar-refractivity contribution in [2.75, 3.05) is 11.3 Å². The minimum Gasteiger partial charge on any atom is -0.493 e. The van der Waals surface area contributed by atoms with Crippen molar-refractivity contribution in [2.24, 2.45) is 0 Å². The smallest absolute Gasteiger partial charge is 0.235 e. The highest BCUT2D eigenvalue weighted by molar-refractivity contribution is 7.93. The van der Waals surface area contributed by atoms with Crippen molar-refractivity contribution >= 4 is 21.8 Å². The van der Waals surface area contributed by atoms with E-state index in [1.165, 1.54) is 0 Å². The molecule has 0 aromatic heterocycles. The van der Waals surface area contributed by atoms with Crippen LogP contribution >= 0.6 is 0 Å². The summed E-state index contributed by atoms with van der Waals surface area (Å²) in [5, 5.41) is 9.80. The lowest BCUT2D eigenvalue weighted by atomic mass is 10.1. The van der Waals surface area contributed by atoms with Crippen LogP contribution in [0.25, 0.3) is 6.08 Å². The summed E-state index contributed by atoms with van der Waals surface area (Å²) < 4.78 is 33.1. The van der Waals surface area contributed by atoms with Gasteiger partial charge < -0.3 is 9.84 Å². The summed E-state index contributed by atoms with van der Waals surface area (Å²) in [5.74, 6) is 0.654. The van der Waals surface area contributed by atoms with Crippen LogP contribution in [0.2, 0.25) is 0 Å². The molecule has 1 aliphatic rings. The summed E-state index contributed by atoms with van der Waals surface area (Å²) >= 11 is 0. The van der Waals surface area contributed by atoms with Crippen molar-refractivity contribution in [1.82, 2.24) is 0 Å². The van der Waals surface area contributed by atoms with Crippen LogP contribution in [0, 0.1) is 6.07 Å². The maximum absolute atomic E-state index is 12.4. The first-order valence-corrected chi connectivity index (χ1v) is 11.1. The molecule has 0 saturated heterocycles. The van der Waals surface area contributed by atoms with Gasteiger partial charge in [-0.1, -0.05) is 55.3 Å². The Morgan fingerprint density at radius 3 is 2.79 bits per heavy atom. The van der Waals surface area contributed by atoms with Gasteiger partial charge in [-0.2, -0.15) is 0 Å². The lowest BCUT2D eigenvalue weighted by Gasteiger charge is -2.13. The van der Waals surface area contributed by atoms with Crippen LogP contribution in [-0.2, 0) is 10.0 Å². The standard InChI is InChI=1S/C22H26NO4S/c24-20(15-16-27-21-9-2-1-3-10-21)14-13-18-7-6-8-19(17-18)23-28(25,26)22-11-4-5-12-22/h1-3,6-9,13-14,17,20,22-24H,4-5,11-12,15-16H2/b14-13+/t20-/m0/s1. The molecule has 2 aromatic carbocycles. The Hall–Kier alpha value is -2.31. The van der Waals surface area contributed by atoms with Gasteiger partial charge in [-0.25, -0.2) is 8.42 Å². The van der Waals surface area contributed by atoms with E-state index in [1.807, 2.05) is 24.3 Å². The largest absolute Gasteiger partial charge is 0.493 e. The van der Waals surface area contributed by atoms with E-state index in [4.69, 9.17) is 4.74 Å². The third-order valence-electron chi connectivity index (χ3n) is 4.75. The number of rotatable bonds is 9. The fraction of sp³-hybridized carbons (Fsp3) is 0.364. The highest BCUT2D eigenvalue weighted by Crippen LogP contribution is 2.26. The molecule has 0 unspecified atom stereocenters. The molecule has 6 heteroatoms. The molecule has 5 nitrogen and oxygen atoms in total. The summed E-state index contributed by atoms with van der Waals surface area (Å²) in [6.07, 6.45) is 6.66. The highest BCUT2D eigenvalue weighted by atomic mass is 32.2. The maximum Gasteiger partial charge on any atom is 0.235 e. The average molecular weight is 401 g/mol. The second-order valence-corrected chi connectivity index (χ2v) is 8.93. The summed E-state index contributed by atoms with van der Waals surface area (Å²) in [4.78, 5) is 0. The number of aliphatic hydroxyl groups is 1. The van der Waals surface area contributed by atoms with Crippen molar-refractivity contribution in [3.05, 3.63) is 66.2 Å². The van der Waals surface area contributed by atoms with Crippen LogP contribution in [-0.4, -0.2) is 31.5 Å². The molecule has 1 aliphatic carbocycles. The molecule has 149 valence electrons. The van der Waals surface area contributed by atoms with E-state index < -0.39 is 16.1 Å². The number of anilines is 1. The first kappa shape index (κ1) is 20.4. The summed E-state index contributed by atoms with van der Waals surface area (Å²) in [6, 6.07) is 17.5. The van der Waals surface area contributed by atoms with E-state index in [0.29, 0.717) is 24.5 Å². The van der Waals surface area contributed by atoms with Crippen molar-refractivity contribution in [3.8, 4) is 5.75 Å². The van der Waals surface area contributed by atoms with Gasteiger partial charge in [0.2, 0.25) is 10.0 Å². The van der Waals surface area contributed by atoms with Gasteiger partial charge in [-0.3, -0.25) is 4.72 Å². The second-order valence-electron chi connectivity index (χ2n) is 6.97. The number of sulfonamides is 1. The lowest BCUT2D eigenvalue weighted by molar-refractivity contribution is 0.179. The number of nitrogens with one attached hydrogen (secondary N) is 1. The molecule has 2 aromatic rings. The highest BCUT2D eigenvalue weighted by Gasteiger charge is 2.28. The molecule has 0 heterocycles. The molecule has 0 aliphatic heterocycles. The Kier molecular flexibility index (Phi) is 7.12. The third kappa shape index (κ3) is 6.11. The van der Waals surface area contributed by atoms with Crippen LogP contribution in [0.3, 0.4) is 0 Å². The Bertz CT molecular complexity index is 874. The van der Waals surface area contributed by atoms with E-state index in [0.717, 1.165) is 31.2 Å². The quantitative estimate of drug-likeness (QED) is 0.667. The van der Waals surface area contributed by atoms with Crippen LogP contribution in [0.1, 0.15) is 37.7 Å². The number of para-hydroxylation sites is 1. The number of benzene rings is 2. The van der Waals surface area contributed by atoms with E-state index in [9.17, 15) is 13.5 Å². The Morgan fingerprint density at radius 1 is 1.21 bits per heavy atom. The van der Waals surface area contributed by atoms with Gasteiger partial charge in [-0.05, 0) is 36.6 Å². The Labute approximate surface area is 167 Å². The van der Waals surface area contributed by atoms with Gasteiger partial charge in [0.05, 0.1) is 18.0 Å². The number of hydrogen-bond acceptors (Lipinski definition) is 4. The second kappa shape index (κ2) is 9.75.